The molecule has 0 aliphatic rings. The number of rotatable bonds is 2. The number of aryl methyl sites for hydroxylation is 1. The fourth-order valence-electron chi connectivity index (χ4n) is 1.21. The maximum absolute atomic E-state index is 6.32. The van der Waals surface area contributed by atoms with Gasteiger partial charge in [-0.15, -0.1) is 11.6 Å². The Labute approximate surface area is 91.5 Å². The van der Waals surface area contributed by atoms with Gasteiger partial charge >= 0.3 is 0 Å². The average Bonchev–Trinajstić information content (AvgIpc) is 2.07. The van der Waals surface area contributed by atoms with Crippen molar-refractivity contribution in [2.45, 2.75) is 39.5 Å². The van der Waals surface area contributed by atoms with Crippen LogP contribution in [0.2, 0.25) is 0 Å². The van der Waals surface area contributed by atoms with Gasteiger partial charge in [0.25, 0.3) is 0 Å². The highest BCUT2D eigenvalue weighted by molar-refractivity contribution is 6.21. The third-order valence-electron chi connectivity index (χ3n) is 2.43. The van der Waals surface area contributed by atoms with Crippen molar-refractivity contribution in [3.05, 3.63) is 29.6 Å². The molecule has 1 unspecified atom stereocenters. The fraction of sp³-hybridized carbons (Fsp3) is 0.583. The molecule has 0 fully saturated rings. The fourth-order valence-corrected chi connectivity index (χ4v) is 1.35. The predicted molar refractivity (Wildman–Crippen MR) is 61.8 cm³/mol. The summed E-state index contributed by atoms with van der Waals surface area (Å²) >= 11 is 6.32. The molecule has 0 saturated heterocycles. The Bertz CT molecular complexity index is 301. The largest absolute Gasteiger partial charge is 0.261 e. The van der Waals surface area contributed by atoms with Gasteiger partial charge in [0, 0.05) is 23.7 Å². The molecule has 2 heteroatoms. The van der Waals surface area contributed by atoms with Crippen LogP contribution < -0.4 is 0 Å². The second-order valence-electron chi connectivity index (χ2n) is 4.80. The first-order chi connectivity index (χ1) is 6.41. The molecule has 78 valence electrons. The Kier molecular flexibility index (Phi) is 3.54. The molecule has 0 radical (unpaired) electrons. The maximum atomic E-state index is 6.32. The molecule has 1 atom stereocenters. The molecule has 1 aromatic rings. The maximum Gasteiger partial charge on any atom is 0.0447 e. The van der Waals surface area contributed by atoms with Gasteiger partial charge in [0.2, 0.25) is 0 Å². The van der Waals surface area contributed by atoms with Gasteiger partial charge in [-0.1, -0.05) is 26.8 Å². The van der Waals surface area contributed by atoms with Crippen LogP contribution in [0, 0.1) is 12.3 Å². The Morgan fingerprint density at radius 3 is 2.57 bits per heavy atom. The number of aromatic nitrogens is 1. The molecule has 0 aromatic carbocycles. The zero-order chi connectivity index (χ0) is 10.8. The molecule has 0 amide bonds. The van der Waals surface area contributed by atoms with Crippen molar-refractivity contribution in [2.75, 3.05) is 0 Å². The topological polar surface area (TPSA) is 12.9 Å². The molecule has 0 aliphatic carbocycles. The van der Waals surface area contributed by atoms with Gasteiger partial charge in [-0.05, 0) is 24.0 Å². The lowest BCUT2D eigenvalue weighted by molar-refractivity contribution is 0.384. The number of halogens is 1. The van der Waals surface area contributed by atoms with Gasteiger partial charge in [0.05, 0.1) is 0 Å². The van der Waals surface area contributed by atoms with E-state index < -0.39 is 0 Å². The molecule has 0 bridgehead atoms. The van der Waals surface area contributed by atoms with Crippen molar-refractivity contribution < 1.29 is 0 Å². The van der Waals surface area contributed by atoms with Gasteiger partial charge in [0.1, 0.15) is 0 Å². The van der Waals surface area contributed by atoms with E-state index in [1.54, 1.807) is 0 Å². The first kappa shape index (κ1) is 11.5. The van der Waals surface area contributed by atoms with E-state index in [0.717, 1.165) is 12.1 Å². The van der Waals surface area contributed by atoms with Crippen molar-refractivity contribution >= 4 is 11.6 Å². The quantitative estimate of drug-likeness (QED) is 0.682. The van der Waals surface area contributed by atoms with Crippen LogP contribution in [0.15, 0.2) is 18.3 Å². The first-order valence-corrected chi connectivity index (χ1v) is 5.39. The van der Waals surface area contributed by atoms with Gasteiger partial charge in [0.15, 0.2) is 0 Å². The molecule has 0 saturated carbocycles. The van der Waals surface area contributed by atoms with Gasteiger partial charge in [-0.3, -0.25) is 4.98 Å². The third kappa shape index (κ3) is 2.98. The molecule has 1 rings (SSSR count). The highest BCUT2D eigenvalue weighted by Crippen LogP contribution is 2.27. The monoisotopic (exact) mass is 211 g/mol. The number of alkyl halides is 1. The summed E-state index contributed by atoms with van der Waals surface area (Å²) < 4.78 is 0. The van der Waals surface area contributed by atoms with E-state index in [0.29, 0.717) is 0 Å². The van der Waals surface area contributed by atoms with Crippen LogP contribution in [0.3, 0.4) is 0 Å². The normalized spacial score (nSPS) is 14.1. The summed E-state index contributed by atoms with van der Waals surface area (Å²) in [6, 6.07) is 4.04. The smallest absolute Gasteiger partial charge is 0.0447 e. The molecule has 0 aliphatic heterocycles. The minimum atomic E-state index is 0.130. The number of nitrogens with zero attached hydrogens (tertiary/aromatic N) is 1. The van der Waals surface area contributed by atoms with E-state index >= 15 is 0 Å². The molecule has 1 heterocycles. The zero-order valence-electron chi connectivity index (χ0n) is 9.34. The summed E-state index contributed by atoms with van der Waals surface area (Å²) in [5, 5.41) is 0.135. The molecule has 0 spiro atoms. The van der Waals surface area contributed by atoms with Crippen LogP contribution >= 0.6 is 11.6 Å². The van der Waals surface area contributed by atoms with Crippen LogP contribution in [0.5, 0.6) is 0 Å². The lowest BCUT2D eigenvalue weighted by Gasteiger charge is -2.25. The summed E-state index contributed by atoms with van der Waals surface area (Å²) in [5.41, 5.74) is 2.47. The molecule has 0 N–H and O–H groups in total. The Hall–Kier alpha value is -0.560. The van der Waals surface area contributed by atoms with E-state index in [-0.39, 0.29) is 10.8 Å². The number of hydrogen-bond acceptors (Lipinski definition) is 1. The van der Waals surface area contributed by atoms with Gasteiger partial charge in [-0.2, -0.15) is 0 Å². The first-order valence-electron chi connectivity index (χ1n) is 4.96. The van der Waals surface area contributed by atoms with Crippen molar-refractivity contribution in [3.63, 3.8) is 0 Å². The van der Waals surface area contributed by atoms with Crippen molar-refractivity contribution in [3.8, 4) is 0 Å². The highest BCUT2D eigenvalue weighted by atomic mass is 35.5. The Morgan fingerprint density at radius 2 is 2.07 bits per heavy atom. The van der Waals surface area contributed by atoms with Crippen LogP contribution in [-0.4, -0.2) is 10.4 Å². The van der Waals surface area contributed by atoms with Crippen molar-refractivity contribution in [1.29, 1.82) is 0 Å². The van der Waals surface area contributed by atoms with Crippen LogP contribution in [0.25, 0.3) is 0 Å². The summed E-state index contributed by atoms with van der Waals surface area (Å²) in [7, 11) is 0. The molecular formula is C12H18ClN. The van der Waals surface area contributed by atoms with Crippen LogP contribution in [0.1, 0.15) is 32.0 Å². The zero-order valence-corrected chi connectivity index (χ0v) is 10.1. The molecule has 1 nitrogen and oxygen atoms in total. The van der Waals surface area contributed by atoms with Crippen LogP contribution in [0.4, 0.5) is 0 Å². The van der Waals surface area contributed by atoms with Crippen LogP contribution in [-0.2, 0) is 6.42 Å². The lowest BCUT2D eigenvalue weighted by Crippen LogP contribution is -2.23. The Balaban J connectivity index is 2.75. The van der Waals surface area contributed by atoms with E-state index in [4.69, 9.17) is 11.6 Å². The minimum Gasteiger partial charge on any atom is -0.261 e. The molecular weight excluding hydrogens is 194 g/mol. The van der Waals surface area contributed by atoms with E-state index in [1.807, 2.05) is 12.3 Å². The minimum absolute atomic E-state index is 0.130. The second-order valence-corrected chi connectivity index (χ2v) is 5.33. The number of hydrogen-bond donors (Lipinski definition) is 0. The average molecular weight is 212 g/mol. The highest BCUT2D eigenvalue weighted by Gasteiger charge is 2.23. The second kappa shape index (κ2) is 4.31. The SMILES string of the molecule is Cc1cccnc1CC(Cl)C(C)(C)C. The van der Waals surface area contributed by atoms with Crippen molar-refractivity contribution in [2.24, 2.45) is 5.41 Å². The standard InChI is InChI=1S/C12H18ClN/c1-9-6-5-7-14-10(9)8-11(13)12(2,3)4/h5-7,11H,8H2,1-4H3. The van der Waals surface area contributed by atoms with E-state index in [1.165, 1.54) is 5.56 Å². The summed E-state index contributed by atoms with van der Waals surface area (Å²) in [6.07, 6.45) is 2.67. The summed E-state index contributed by atoms with van der Waals surface area (Å²) in [4.78, 5) is 4.35. The van der Waals surface area contributed by atoms with E-state index in [9.17, 15) is 0 Å². The van der Waals surface area contributed by atoms with Crippen molar-refractivity contribution in [1.82, 2.24) is 4.98 Å². The molecule has 14 heavy (non-hydrogen) atoms. The Morgan fingerprint density at radius 1 is 1.43 bits per heavy atom. The summed E-state index contributed by atoms with van der Waals surface area (Å²) in [5.74, 6) is 0. The molecule has 1 aromatic heterocycles. The third-order valence-corrected chi connectivity index (χ3v) is 3.24. The number of pyridine rings is 1. The van der Waals surface area contributed by atoms with E-state index in [2.05, 4.69) is 38.7 Å². The summed E-state index contributed by atoms with van der Waals surface area (Å²) in [6.45, 7) is 8.55. The lowest BCUT2D eigenvalue weighted by atomic mass is 9.88. The van der Waals surface area contributed by atoms with Gasteiger partial charge < -0.3 is 0 Å². The van der Waals surface area contributed by atoms with Gasteiger partial charge in [-0.25, -0.2) is 0 Å². The predicted octanol–water partition coefficient (Wildman–Crippen LogP) is 3.59.